The summed E-state index contributed by atoms with van der Waals surface area (Å²) >= 11 is 1.81. The lowest BCUT2D eigenvalue weighted by Gasteiger charge is -2.25. The lowest BCUT2D eigenvalue weighted by Crippen LogP contribution is -2.29. The first-order valence-corrected chi connectivity index (χ1v) is 7.24. The van der Waals surface area contributed by atoms with Gasteiger partial charge in [0.1, 0.15) is 5.82 Å². The Balaban J connectivity index is 2.13. The van der Waals surface area contributed by atoms with E-state index in [0.717, 1.165) is 5.82 Å². The van der Waals surface area contributed by atoms with Crippen molar-refractivity contribution in [1.82, 2.24) is 14.9 Å². The van der Waals surface area contributed by atoms with Crippen molar-refractivity contribution in [3.05, 3.63) is 40.6 Å². The van der Waals surface area contributed by atoms with E-state index in [4.69, 9.17) is 0 Å². The minimum absolute atomic E-state index is 0.250. The van der Waals surface area contributed by atoms with Crippen LogP contribution in [-0.2, 0) is 7.05 Å². The molecule has 2 heterocycles. The monoisotopic (exact) mass is 263 g/mol. The molecule has 2 atom stereocenters. The highest BCUT2D eigenvalue weighted by atomic mass is 32.1. The maximum Gasteiger partial charge on any atom is 0.125 e. The molecule has 2 unspecified atom stereocenters. The van der Waals surface area contributed by atoms with Gasteiger partial charge in [0.05, 0.1) is 6.04 Å². The maximum absolute atomic E-state index is 4.41. The van der Waals surface area contributed by atoms with Crippen LogP contribution < -0.4 is 5.32 Å². The van der Waals surface area contributed by atoms with Gasteiger partial charge in [0.2, 0.25) is 0 Å². The van der Waals surface area contributed by atoms with E-state index >= 15 is 0 Å². The highest BCUT2D eigenvalue weighted by molar-refractivity contribution is 7.10. The number of thiophene rings is 1. The number of hydrogen-bond acceptors (Lipinski definition) is 3. The predicted octanol–water partition coefficient (Wildman–Crippen LogP) is 3.53. The quantitative estimate of drug-likeness (QED) is 0.894. The highest BCUT2D eigenvalue weighted by Gasteiger charge is 2.21. The molecule has 0 aliphatic heterocycles. The van der Waals surface area contributed by atoms with Crippen molar-refractivity contribution in [2.45, 2.75) is 32.9 Å². The van der Waals surface area contributed by atoms with Crippen molar-refractivity contribution in [3.63, 3.8) is 0 Å². The number of hydrogen-bond donors (Lipinski definition) is 1. The van der Waals surface area contributed by atoms with Gasteiger partial charge >= 0.3 is 0 Å². The van der Waals surface area contributed by atoms with Crippen molar-refractivity contribution in [1.29, 1.82) is 0 Å². The van der Waals surface area contributed by atoms with Crippen LogP contribution in [0.25, 0.3) is 0 Å². The zero-order valence-electron chi connectivity index (χ0n) is 11.4. The Labute approximate surface area is 113 Å². The van der Waals surface area contributed by atoms with Crippen molar-refractivity contribution in [3.8, 4) is 0 Å². The van der Waals surface area contributed by atoms with Crippen molar-refractivity contribution >= 4 is 11.3 Å². The van der Waals surface area contributed by atoms with Crippen molar-refractivity contribution in [2.75, 3.05) is 0 Å². The second-order valence-corrected chi connectivity index (χ2v) is 6.00. The Kier molecular flexibility index (Phi) is 4.19. The van der Waals surface area contributed by atoms with E-state index in [2.05, 4.69) is 53.2 Å². The first-order valence-electron chi connectivity index (χ1n) is 6.36. The molecule has 18 heavy (non-hydrogen) atoms. The first-order chi connectivity index (χ1) is 8.59. The minimum Gasteiger partial charge on any atom is -0.337 e. The van der Waals surface area contributed by atoms with Crippen LogP contribution in [0.1, 0.15) is 43.6 Å². The van der Waals surface area contributed by atoms with Gasteiger partial charge in [0, 0.05) is 30.4 Å². The molecule has 2 aromatic rings. The number of nitrogens with zero attached hydrogens (tertiary/aromatic N) is 2. The van der Waals surface area contributed by atoms with E-state index in [0.29, 0.717) is 12.0 Å². The topological polar surface area (TPSA) is 29.9 Å². The lowest BCUT2D eigenvalue weighted by molar-refractivity contribution is 0.368. The van der Waals surface area contributed by atoms with Gasteiger partial charge in [-0.3, -0.25) is 5.32 Å². The summed E-state index contributed by atoms with van der Waals surface area (Å²) in [6.07, 6.45) is 3.84. The molecule has 0 aliphatic rings. The highest BCUT2D eigenvalue weighted by Crippen LogP contribution is 2.28. The molecule has 0 aliphatic carbocycles. The van der Waals surface area contributed by atoms with Crippen LogP contribution in [0.15, 0.2) is 29.9 Å². The smallest absolute Gasteiger partial charge is 0.125 e. The van der Waals surface area contributed by atoms with Crippen LogP contribution in [0, 0.1) is 5.92 Å². The maximum atomic E-state index is 4.41. The average molecular weight is 263 g/mol. The fourth-order valence-corrected chi connectivity index (χ4v) is 3.17. The van der Waals surface area contributed by atoms with Gasteiger partial charge in [-0.15, -0.1) is 11.3 Å². The van der Waals surface area contributed by atoms with Gasteiger partial charge in [0.15, 0.2) is 0 Å². The normalized spacial score (nSPS) is 14.9. The zero-order chi connectivity index (χ0) is 13.1. The first kappa shape index (κ1) is 13.3. The summed E-state index contributed by atoms with van der Waals surface area (Å²) in [4.78, 5) is 5.81. The Bertz CT molecular complexity index is 473. The molecule has 4 heteroatoms. The average Bonchev–Trinajstić information content (AvgIpc) is 2.95. The van der Waals surface area contributed by atoms with Crippen LogP contribution >= 0.6 is 11.3 Å². The summed E-state index contributed by atoms with van der Waals surface area (Å²) in [5, 5.41) is 5.83. The summed E-state index contributed by atoms with van der Waals surface area (Å²) < 4.78 is 2.07. The number of aromatic nitrogens is 2. The molecule has 0 saturated heterocycles. The molecule has 0 amide bonds. The van der Waals surface area contributed by atoms with E-state index < -0.39 is 0 Å². The molecule has 0 saturated carbocycles. The van der Waals surface area contributed by atoms with Crippen LogP contribution in [0.4, 0.5) is 0 Å². The van der Waals surface area contributed by atoms with Gasteiger partial charge in [-0.25, -0.2) is 4.98 Å². The number of aryl methyl sites for hydroxylation is 1. The second kappa shape index (κ2) is 5.67. The lowest BCUT2D eigenvalue weighted by atomic mass is 10.0. The van der Waals surface area contributed by atoms with E-state index in [1.165, 1.54) is 4.88 Å². The molecule has 1 N–H and O–H groups in total. The molecule has 0 spiro atoms. The molecular formula is C14H21N3S. The van der Waals surface area contributed by atoms with Crippen LogP contribution in [0.3, 0.4) is 0 Å². The Morgan fingerprint density at radius 2 is 2.11 bits per heavy atom. The molecule has 2 rings (SSSR count). The zero-order valence-corrected chi connectivity index (χ0v) is 12.2. The second-order valence-electron chi connectivity index (χ2n) is 5.02. The molecule has 0 bridgehead atoms. The van der Waals surface area contributed by atoms with E-state index in [1.807, 2.05) is 30.8 Å². The molecule has 0 aromatic carbocycles. The molecule has 0 fully saturated rings. The van der Waals surface area contributed by atoms with Gasteiger partial charge in [-0.2, -0.15) is 0 Å². The number of imidazole rings is 1. The molecule has 2 aromatic heterocycles. The van der Waals surface area contributed by atoms with E-state index in [-0.39, 0.29) is 6.04 Å². The number of nitrogens with one attached hydrogen (secondary N) is 1. The third kappa shape index (κ3) is 2.82. The SMILES string of the molecule is CC(NC(c1cccs1)C(C)C)c1nccn1C. The fourth-order valence-electron chi connectivity index (χ4n) is 2.21. The number of rotatable bonds is 5. The standard InChI is InChI=1S/C14H21N3S/c1-10(2)13(12-6-5-9-18-12)16-11(3)14-15-7-8-17(14)4/h5-11,13,16H,1-4H3. The summed E-state index contributed by atoms with van der Waals surface area (Å²) in [5.74, 6) is 1.64. The van der Waals surface area contributed by atoms with Crippen molar-refractivity contribution < 1.29 is 0 Å². The third-order valence-electron chi connectivity index (χ3n) is 3.19. The summed E-state index contributed by atoms with van der Waals surface area (Å²) in [6.45, 7) is 6.68. The third-order valence-corrected chi connectivity index (χ3v) is 4.15. The van der Waals surface area contributed by atoms with Crippen LogP contribution in [0.2, 0.25) is 0 Å². The van der Waals surface area contributed by atoms with Gasteiger partial charge < -0.3 is 4.57 Å². The fraction of sp³-hybridized carbons (Fsp3) is 0.500. The summed E-state index contributed by atoms with van der Waals surface area (Å²) in [5.41, 5.74) is 0. The molecule has 3 nitrogen and oxygen atoms in total. The summed E-state index contributed by atoms with van der Waals surface area (Å²) in [6, 6.07) is 4.95. The van der Waals surface area contributed by atoms with Gasteiger partial charge in [0.25, 0.3) is 0 Å². The molecular weight excluding hydrogens is 242 g/mol. The van der Waals surface area contributed by atoms with Crippen LogP contribution in [-0.4, -0.2) is 9.55 Å². The Morgan fingerprint density at radius 3 is 2.61 bits per heavy atom. The molecule has 0 radical (unpaired) electrons. The Morgan fingerprint density at radius 1 is 1.33 bits per heavy atom. The summed E-state index contributed by atoms with van der Waals surface area (Å²) in [7, 11) is 2.04. The van der Waals surface area contributed by atoms with Crippen molar-refractivity contribution in [2.24, 2.45) is 13.0 Å². The van der Waals surface area contributed by atoms with Gasteiger partial charge in [-0.05, 0) is 24.3 Å². The van der Waals surface area contributed by atoms with E-state index in [9.17, 15) is 0 Å². The minimum atomic E-state index is 0.250. The molecule has 98 valence electrons. The largest absolute Gasteiger partial charge is 0.337 e. The van der Waals surface area contributed by atoms with E-state index in [1.54, 1.807) is 0 Å². The predicted molar refractivity (Wildman–Crippen MR) is 76.7 cm³/mol. The van der Waals surface area contributed by atoms with Crippen LogP contribution in [0.5, 0.6) is 0 Å². The Hall–Kier alpha value is -1.13. The van der Waals surface area contributed by atoms with Gasteiger partial charge in [-0.1, -0.05) is 19.9 Å².